The van der Waals surface area contributed by atoms with Crippen LogP contribution in [-0.2, 0) is 4.74 Å². The second kappa shape index (κ2) is 13.1. The Balaban J connectivity index is 0.00000312. The summed E-state index contributed by atoms with van der Waals surface area (Å²) < 4.78 is 6.53. The Morgan fingerprint density at radius 1 is 1.20 bits per heavy atom. The molecule has 0 spiro atoms. The van der Waals surface area contributed by atoms with Crippen LogP contribution in [0.3, 0.4) is 0 Å². The van der Waals surface area contributed by atoms with Crippen LogP contribution in [0.1, 0.15) is 20.3 Å². The van der Waals surface area contributed by atoms with Crippen LogP contribution in [0.25, 0.3) is 10.2 Å². The van der Waals surface area contributed by atoms with Crippen LogP contribution in [0.2, 0.25) is 0 Å². The van der Waals surface area contributed by atoms with E-state index in [0.29, 0.717) is 0 Å². The molecule has 0 atom stereocenters. The summed E-state index contributed by atoms with van der Waals surface area (Å²) in [6.07, 6.45) is 0.939. The monoisotopic (exact) mass is 477 g/mol. The number of anilines is 1. The van der Waals surface area contributed by atoms with Crippen LogP contribution >= 0.6 is 35.3 Å². The van der Waals surface area contributed by atoms with Gasteiger partial charge in [0.2, 0.25) is 0 Å². The van der Waals surface area contributed by atoms with Crippen molar-refractivity contribution < 1.29 is 4.74 Å². The number of guanidine groups is 1. The van der Waals surface area contributed by atoms with Crippen LogP contribution in [0.15, 0.2) is 29.3 Å². The Kier molecular flexibility index (Phi) is 11.5. The number of ether oxygens (including phenoxy) is 1. The van der Waals surface area contributed by atoms with Crippen LogP contribution in [0, 0.1) is 0 Å². The van der Waals surface area contributed by atoms with E-state index in [9.17, 15) is 0 Å². The number of nitrogens with one attached hydrogen (secondary N) is 3. The largest absolute Gasteiger partial charge is 0.382 e. The van der Waals surface area contributed by atoms with Crippen LogP contribution in [-0.4, -0.2) is 50.3 Å². The van der Waals surface area contributed by atoms with Crippen LogP contribution in [0.4, 0.5) is 5.13 Å². The predicted octanol–water partition coefficient (Wildman–Crippen LogP) is 3.31. The molecule has 2 rings (SSSR count). The smallest absolute Gasteiger partial charge is 0.191 e. The number of aromatic nitrogens is 1. The summed E-state index contributed by atoms with van der Waals surface area (Å²) in [6.45, 7) is 8.79. The average molecular weight is 477 g/mol. The average Bonchev–Trinajstić information content (AvgIpc) is 3.01. The molecule has 0 radical (unpaired) electrons. The first kappa shape index (κ1) is 21.9. The lowest BCUT2D eigenvalue weighted by molar-refractivity contribution is 0.146. The van der Waals surface area contributed by atoms with E-state index in [1.165, 1.54) is 4.70 Å². The number of benzene rings is 1. The summed E-state index contributed by atoms with van der Waals surface area (Å²) in [4.78, 5) is 9.10. The molecule has 1 heterocycles. The minimum atomic E-state index is 0. The molecule has 8 heteroatoms. The Labute approximate surface area is 170 Å². The van der Waals surface area contributed by atoms with Crippen molar-refractivity contribution in [2.75, 3.05) is 44.7 Å². The van der Waals surface area contributed by atoms with E-state index in [1.807, 2.05) is 25.1 Å². The molecular weight excluding hydrogens is 449 g/mol. The molecule has 25 heavy (non-hydrogen) atoms. The molecule has 0 aliphatic rings. The minimum Gasteiger partial charge on any atom is -0.382 e. The number of thiazole rings is 1. The van der Waals surface area contributed by atoms with E-state index in [2.05, 4.69) is 38.9 Å². The van der Waals surface area contributed by atoms with E-state index in [0.717, 1.165) is 62.4 Å². The van der Waals surface area contributed by atoms with Gasteiger partial charge in [0.05, 0.1) is 10.2 Å². The number of aliphatic imine (C=N–C) groups is 1. The summed E-state index contributed by atoms with van der Waals surface area (Å²) in [6, 6.07) is 8.18. The van der Waals surface area contributed by atoms with Crippen molar-refractivity contribution in [3.05, 3.63) is 24.3 Å². The number of hydrogen-bond acceptors (Lipinski definition) is 5. The highest BCUT2D eigenvalue weighted by molar-refractivity contribution is 14.0. The van der Waals surface area contributed by atoms with E-state index in [-0.39, 0.29) is 24.0 Å². The van der Waals surface area contributed by atoms with Crippen molar-refractivity contribution >= 4 is 56.6 Å². The third-order valence-corrected chi connectivity index (χ3v) is 4.25. The SMILES string of the molecule is CCNC(=NCCCOCC)NCCNc1nc2ccccc2s1.I. The highest BCUT2D eigenvalue weighted by Gasteiger charge is 2.02. The number of hydrogen-bond donors (Lipinski definition) is 3. The van der Waals surface area contributed by atoms with Crippen molar-refractivity contribution in [3.63, 3.8) is 0 Å². The third kappa shape index (κ3) is 8.19. The third-order valence-electron chi connectivity index (χ3n) is 3.25. The Bertz CT molecular complexity index is 601. The van der Waals surface area contributed by atoms with Crippen LogP contribution < -0.4 is 16.0 Å². The van der Waals surface area contributed by atoms with Gasteiger partial charge in [0, 0.05) is 39.4 Å². The molecule has 0 aliphatic heterocycles. The Morgan fingerprint density at radius 3 is 2.80 bits per heavy atom. The molecule has 0 bridgehead atoms. The topological polar surface area (TPSA) is 70.6 Å². The lowest BCUT2D eigenvalue weighted by atomic mass is 10.3. The molecule has 1 aromatic carbocycles. The molecule has 3 N–H and O–H groups in total. The lowest BCUT2D eigenvalue weighted by Gasteiger charge is -2.11. The fraction of sp³-hybridized carbons (Fsp3) is 0.529. The highest BCUT2D eigenvalue weighted by atomic mass is 127. The molecule has 0 fully saturated rings. The number of para-hydroxylation sites is 1. The summed E-state index contributed by atoms with van der Waals surface area (Å²) in [5.74, 6) is 0.847. The fourth-order valence-corrected chi connectivity index (χ4v) is 3.03. The molecule has 0 saturated carbocycles. The molecule has 0 unspecified atom stereocenters. The number of halogens is 1. The van der Waals surface area contributed by atoms with Gasteiger partial charge in [0.25, 0.3) is 0 Å². The van der Waals surface area contributed by atoms with E-state index in [1.54, 1.807) is 11.3 Å². The number of nitrogens with zero attached hydrogens (tertiary/aromatic N) is 2. The Hall–Kier alpha value is -1.13. The Morgan fingerprint density at radius 2 is 2.04 bits per heavy atom. The number of rotatable bonds is 10. The van der Waals surface area contributed by atoms with Crippen LogP contribution in [0.5, 0.6) is 0 Å². The normalized spacial score (nSPS) is 11.2. The molecule has 6 nitrogen and oxygen atoms in total. The first-order valence-corrected chi connectivity index (χ1v) is 9.34. The minimum absolute atomic E-state index is 0. The van der Waals surface area contributed by atoms with Crippen molar-refractivity contribution in [2.24, 2.45) is 4.99 Å². The molecule has 140 valence electrons. The van der Waals surface area contributed by atoms with Gasteiger partial charge in [0.15, 0.2) is 11.1 Å². The van der Waals surface area contributed by atoms with Crippen molar-refractivity contribution in [1.82, 2.24) is 15.6 Å². The summed E-state index contributed by atoms with van der Waals surface area (Å²) in [5.41, 5.74) is 1.04. The van der Waals surface area contributed by atoms with Gasteiger partial charge >= 0.3 is 0 Å². The maximum absolute atomic E-state index is 5.32. The molecular formula is C17H28IN5OS. The molecule has 0 amide bonds. The zero-order valence-electron chi connectivity index (χ0n) is 14.9. The maximum Gasteiger partial charge on any atom is 0.191 e. The first-order chi connectivity index (χ1) is 11.8. The second-order valence-corrected chi connectivity index (χ2v) is 6.18. The van der Waals surface area contributed by atoms with Crippen molar-refractivity contribution in [3.8, 4) is 0 Å². The quantitative estimate of drug-likeness (QED) is 0.212. The molecule has 0 aliphatic carbocycles. The zero-order chi connectivity index (χ0) is 17.0. The van der Waals surface area contributed by atoms with Gasteiger partial charge < -0.3 is 20.7 Å². The highest BCUT2D eigenvalue weighted by Crippen LogP contribution is 2.24. The lowest BCUT2D eigenvalue weighted by Crippen LogP contribution is -2.39. The maximum atomic E-state index is 5.32. The van der Waals surface area contributed by atoms with Gasteiger partial charge in [-0.25, -0.2) is 4.98 Å². The predicted molar refractivity (Wildman–Crippen MR) is 119 cm³/mol. The second-order valence-electron chi connectivity index (χ2n) is 5.15. The van der Waals surface area contributed by atoms with Gasteiger partial charge in [0.1, 0.15) is 0 Å². The summed E-state index contributed by atoms with van der Waals surface area (Å²) >= 11 is 1.68. The van der Waals surface area contributed by atoms with E-state index < -0.39 is 0 Å². The van der Waals surface area contributed by atoms with Gasteiger partial charge in [-0.15, -0.1) is 24.0 Å². The standard InChI is InChI=1S/C17H27N5OS.HI/c1-3-18-16(19-10-7-13-23-4-2)20-11-12-21-17-22-14-8-5-6-9-15(14)24-17;/h5-6,8-9H,3-4,7,10-13H2,1-2H3,(H,21,22)(H2,18,19,20);1H. The van der Waals surface area contributed by atoms with Crippen molar-refractivity contribution in [1.29, 1.82) is 0 Å². The van der Waals surface area contributed by atoms with E-state index in [4.69, 9.17) is 4.74 Å². The summed E-state index contributed by atoms with van der Waals surface area (Å²) in [5, 5.41) is 10.9. The fourth-order valence-electron chi connectivity index (χ4n) is 2.14. The molecule has 1 aromatic heterocycles. The molecule has 2 aromatic rings. The summed E-state index contributed by atoms with van der Waals surface area (Å²) in [7, 11) is 0. The van der Waals surface area contributed by atoms with Crippen molar-refractivity contribution in [2.45, 2.75) is 20.3 Å². The van der Waals surface area contributed by atoms with Gasteiger partial charge in [-0.05, 0) is 32.4 Å². The first-order valence-electron chi connectivity index (χ1n) is 8.52. The van der Waals surface area contributed by atoms with Gasteiger partial charge in [-0.1, -0.05) is 23.5 Å². The molecule has 0 saturated heterocycles. The zero-order valence-corrected chi connectivity index (χ0v) is 18.0. The van der Waals surface area contributed by atoms with E-state index >= 15 is 0 Å². The van der Waals surface area contributed by atoms with Gasteiger partial charge in [-0.2, -0.15) is 0 Å². The van der Waals surface area contributed by atoms with Gasteiger partial charge in [-0.3, -0.25) is 4.99 Å². The number of fused-ring (bicyclic) bond motifs is 1.